The summed E-state index contributed by atoms with van der Waals surface area (Å²) in [7, 11) is 1.39. The zero-order valence-electron chi connectivity index (χ0n) is 11.9. The average molecular weight is 356 g/mol. The van der Waals surface area contributed by atoms with E-state index >= 15 is 0 Å². The van der Waals surface area contributed by atoms with Gasteiger partial charge in [-0.3, -0.25) is 9.59 Å². The number of benzene rings is 1. The Morgan fingerprint density at radius 2 is 1.86 bits per heavy atom. The minimum atomic E-state index is -0.187. The first kappa shape index (κ1) is 15.8. The van der Waals surface area contributed by atoms with Gasteiger partial charge >= 0.3 is 5.97 Å². The van der Waals surface area contributed by atoms with E-state index in [9.17, 15) is 9.59 Å². The second-order valence-electron chi connectivity index (χ2n) is 4.92. The predicted molar refractivity (Wildman–Crippen MR) is 81.0 cm³/mol. The van der Waals surface area contributed by atoms with Gasteiger partial charge in [-0.05, 0) is 37.1 Å². The lowest BCUT2D eigenvalue weighted by Gasteiger charge is -2.30. The van der Waals surface area contributed by atoms with E-state index in [4.69, 9.17) is 9.47 Å². The van der Waals surface area contributed by atoms with Crippen molar-refractivity contribution in [3.05, 3.63) is 28.7 Å². The van der Waals surface area contributed by atoms with Crippen molar-refractivity contribution in [3.63, 3.8) is 0 Å². The van der Waals surface area contributed by atoms with Crippen LogP contribution in [0, 0.1) is 5.92 Å². The summed E-state index contributed by atoms with van der Waals surface area (Å²) in [5.74, 6) is 0.330. The van der Waals surface area contributed by atoms with Crippen LogP contribution in [0.2, 0.25) is 0 Å². The SMILES string of the molecule is COC(=O)C1CCN(C(=O)COc2ccc(Br)cc2)CC1. The highest BCUT2D eigenvalue weighted by Gasteiger charge is 2.27. The molecule has 0 unspecified atom stereocenters. The van der Waals surface area contributed by atoms with E-state index in [0.717, 1.165) is 4.47 Å². The summed E-state index contributed by atoms with van der Waals surface area (Å²) in [5, 5.41) is 0. The Bertz CT molecular complexity index is 495. The number of rotatable bonds is 4. The molecule has 1 fully saturated rings. The molecule has 1 aliphatic heterocycles. The molecule has 1 saturated heterocycles. The smallest absolute Gasteiger partial charge is 0.308 e. The van der Waals surface area contributed by atoms with Crippen LogP contribution in [0.5, 0.6) is 5.75 Å². The molecule has 0 aromatic heterocycles. The van der Waals surface area contributed by atoms with Gasteiger partial charge in [-0.2, -0.15) is 0 Å². The first-order valence-electron chi connectivity index (χ1n) is 6.84. The fraction of sp³-hybridized carbons (Fsp3) is 0.467. The lowest BCUT2D eigenvalue weighted by Crippen LogP contribution is -2.42. The van der Waals surface area contributed by atoms with Gasteiger partial charge in [0.05, 0.1) is 13.0 Å². The minimum Gasteiger partial charge on any atom is -0.484 e. The van der Waals surface area contributed by atoms with Crippen LogP contribution >= 0.6 is 15.9 Å². The highest BCUT2D eigenvalue weighted by molar-refractivity contribution is 9.10. The van der Waals surface area contributed by atoms with Crippen molar-refractivity contribution in [2.24, 2.45) is 5.92 Å². The monoisotopic (exact) mass is 355 g/mol. The highest BCUT2D eigenvalue weighted by Crippen LogP contribution is 2.19. The number of carbonyl (C=O) groups is 2. The highest BCUT2D eigenvalue weighted by atomic mass is 79.9. The summed E-state index contributed by atoms with van der Waals surface area (Å²) in [4.78, 5) is 25.2. The molecule has 2 rings (SSSR count). The molecule has 5 nitrogen and oxygen atoms in total. The fourth-order valence-electron chi connectivity index (χ4n) is 2.30. The second kappa shape index (κ2) is 7.45. The molecule has 1 aromatic rings. The number of hydrogen-bond donors (Lipinski definition) is 0. The number of likely N-dealkylation sites (tertiary alicyclic amines) is 1. The van der Waals surface area contributed by atoms with E-state index in [2.05, 4.69) is 15.9 Å². The Hall–Kier alpha value is -1.56. The molecule has 1 amide bonds. The van der Waals surface area contributed by atoms with Crippen LogP contribution < -0.4 is 4.74 Å². The van der Waals surface area contributed by atoms with Crippen molar-refractivity contribution >= 4 is 27.8 Å². The minimum absolute atomic E-state index is 0.0184. The zero-order valence-corrected chi connectivity index (χ0v) is 13.5. The van der Waals surface area contributed by atoms with Crippen LogP contribution in [0.1, 0.15) is 12.8 Å². The molecule has 0 saturated carbocycles. The number of halogens is 1. The maximum Gasteiger partial charge on any atom is 0.308 e. The number of hydrogen-bond acceptors (Lipinski definition) is 4. The van der Waals surface area contributed by atoms with Crippen LogP contribution in [-0.2, 0) is 14.3 Å². The quantitative estimate of drug-likeness (QED) is 0.777. The van der Waals surface area contributed by atoms with Crippen LogP contribution in [-0.4, -0.2) is 43.6 Å². The van der Waals surface area contributed by atoms with E-state index in [1.807, 2.05) is 12.1 Å². The molecule has 0 aliphatic carbocycles. The number of amides is 1. The first-order valence-corrected chi connectivity index (χ1v) is 7.63. The number of ether oxygens (including phenoxy) is 2. The van der Waals surface area contributed by atoms with Gasteiger partial charge in [0.15, 0.2) is 6.61 Å². The molecule has 21 heavy (non-hydrogen) atoms. The van der Waals surface area contributed by atoms with E-state index in [-0.39, 0.29) is 24.4 Å². The molecule has 0 bridgehead atoms. The van der Waals surface area contributed by atoms with Gasteiger partial charge in [0.2, 0.25) is 0 Å². The maximum absolute atomic E-state index is 12.1. The van der Waals surface area contributed by atoms with Crippen LogP contribution in [0.15, 0.2) is 28.7 Å². The summed E-state index contributed by atoms with van der Waals surface area (Å²) in [6, 6.07) is 7.34. The number of carbonyl (C=O) groups excluding carboxylic acids is 2. The summed E-state index contributed by atoms with van der Waals surface area (Å²) in [5.41, 5.74) is 0. The van der Waals surface area contributed by atoms with Crippen molar-refractivity contribution in [1.29, 1.82) is 0 Å². The van der Waals surface area contributed by atoms with E-state index in [1.54, 1.807) is 17.0 Å². The molecule has 1 aromatic carbocycles. The molecule has 0 spiro atoms. The lowest BCUT2D eigenvalue weighted by molar-refractivity contribution is -0.149. The summed E-state index contributed by atoms with van der Waals surface area (Å²) >= 11 is 3.34. The van der Waals surface area contributed by atoms with Gasteiger partial charge in [-0.25, -0.2) is 0 Å². The predicted octanol–water partition coefficient (Wildman–Crippen LogP) is 2.24. The fourth-order valence-corrected chi connectivity index (χ4v) is 2.56. The van der Waals surface area contributed by atoms with Crippen LogP contribution in [0.25, 0.3) is 0 Å². The number of methoxy groups -OCH3 is 1. The normalized spacial score (nSPS) is 15.6. The van der Waals surface area contributed by atoms with Crippen molar-refractivity contribution < 1.29 is 19.1 Å². The third kappa shape index (κ3) is 4.46. The average Bonchev–Trinajstić information content (AvgIpc) is 2.53. The number of piperidine rings is 1. The summed E-state index contributed by atoms with van der Waals surface area (Å²) < 4.78 is 11.2. The third-order valence-electron chi connectivity index (χ3n) is 3.56. The molecule has 114 valence electrons. The van der Waals surface area contributed by atoms with Gasteiger partial charge in [0, 0.05) is 17.6 Å². The van der Waals surface area contributed by atoms with Gasteiger partial charge < -0.3 is 14.4 Å². The van der Waals surface area contributed by atoms with E-state index < -0.39 is 0 Å². The largest absolute Gasteiger partial charge is 0.484 e. The second-order valence-corrected chi connectivity index (χ2v) is 5.84. The van der Waals surface area contributed by atoms with Crippen molar-refractivity contribution in [1.82, 2.24) is 4.90 Å². The van der Waals surface area contributed by atoms with Gasteiger partial charge in [0.1, 0.15) is 5.75 Å². The van der Waals surface area contributed by atoms with Gasteiger partial charge in [0.25, 0.3) is 5.91 Å². The molecule has 0 N–H and O–H groups in total. The topological polar surface area (TPSA) is 55.8 Å². The molecule has 6 heteroatoms. The maximum atomic E-state index is 12.1. The molecular weight excluding hydrogens is 338 g/mol. The van der Waals surface area contributed by atoms with E-state index in [0.29, 0.717) is 31.7 Å². The summed E-state index contributed by atoms with van der Waals surface area (Å²) in [6.45, 7) is 1.16. The Balaban J connectivity index is 1.77. The van der Waals surface area contributed by atoms with Crippen LogP contribution in [0.4, 0.5) is 0 Å². The molecule has 1 aliphatic rings. The molecular formula is C15H18BrNO4. The lowest BCUT2D eigenvalue weighted by atomic mass is 9.97. The Kier molecular flexibility index (Phi) is 5.61. The number of nitrogens with zero attached hydrogens (tertiary/aromatic N) is 1. The van der Waals surface area contributed by atoms with Crippen molar-refractivity contribution in [2.45, 2.75) is 12.8 Å². The van der Waals surface area contributed by atoms with Gasteiger partial charge in [-0.1, -0.05) is 15.9 Å². The van der Waals surface area contributed by atoms with Crippen molar-refractivity contribution in [3.8, 4) is 5.75 Å². The van der Waals surface area contributed by atoms with E-state index in [1.165, 1.54) is 7.11 Å². The van der Waals surface area contributed by atoms with Gasteiger partial charge in [-0.15, -0.1) is 0 Å². The standard InChI is InChI=1S/C15H18BrNO4/c1-20-15(19)11-6-8-17(9-7-11)14(18)10-21-13-4-2-12(16)3-5-13/h2-5,11H,6-10H2,1H3. The number of esters is 1. The van der Waals surface area contributed by atoms with Crippen molar-refractivity contribution in [2.75, 3.05) is 26.8 Å². The zero-order chi connectivity index (χ0) is 15.2. The Labute approximate surface area is 132 Å². The Morgan fingerprint density at radius 3 is 2.43 bits per heavy atom. The molecule has 0 radical (unpaired) electrons. The summed E-state index contributed by atoms with van der Waals surface area (Å²) in [6.07, 6.45) is 1.30. The first-order chi connectivity index (χ1) is 10.1. The third-order valence-corrected chi connectivity index (χ3v) is 4.09. The Morgan fingerprint density at radius 1 is 1.24 bits per heavy atom. The molecule has 0 atom stereocenters. The van der Waals surface area contributed by atoms with Crippen LogP contribution in [0.3, 0.4) is 0 Å². The molecule has 1 heterocycles.